The number of ether oxygens (including phenoxy) is 1. The topological polar surface area (TPSA) is 78.9 Å². The van der Waals surface area contributed by atoms with Crippen molar-refractivity contribution in [2.45, 2.75) is 45.4 Å². The minimum atomic E-state index is 0.0337. The summed E-state index contributed by atoms with van der Waals surface area (Å²) < 4.78 is 8.27. The van der Waals surface area contributed by atoms with Gasteiger partial charge in [0.05, 0.1) is 18.1 Å². The van der Waals surface area contributed by atoms with Crippen molar-refractivity contribution in [3.63, 3.8) is 0 Å². The number of aryl methyl sites for hydroxylation is 1. The van der Waals surface area contributed by atoms with Gasteiger partial charge in [-0.1, -0.05) is 6.92 Å². The number of aromatic nitrogens is 4. The molecule has 0 bridgehead atoms. The third-order valence-electron chi connectivity index (χ3n) is 4.76. The van der Waals surface area contributed by atoms with Crippen LogP contribution in [0.1, 0.15) is 38.1 Å². The smallest absolute Gasteiger partial charge is 0.222 e. The van der Waals surface area contributed by atoms with Gasteiger partial charge in [0.25, 0.3) is 0 Å². The van der Waals surface area contributed by atoms with Gasteiger partial charge in [0.15, 0.2) is 5.65 Å². The highest BCUT2D eigenvalue weighted by Gasteiger charge is 2.43. The molecule has 20 heavy (non-hydrogen) atoms. The van der Waals surface area contributed by atoms with Crippen LogP contribution in [0, 0.1) is 18.8 Å². The van der Waals surface area contributed by atoms with E-state index in [9.17, 15) is 0 Å². The van der Waals surface area contributed by atoms with Gasteiger partial charge in [-0.15, -0.1) is 0 Å². The molecule has 1 aliphatic carbocycles. The van der Waals surface area contributed by atoms with Crippen molar-refractivity contribution in [1.29, 1.82) is 0 Å². The molecule has 2 aromatic heterocycles. The van der Waals surface area contributed by atoms with Crippen LogP contribution in [0.25, 0.3) is 11.2 Å². The Kier molecular flexibility index (Phi) is 2.51. The number of hydrogen-bond acceptors (Lipinski definition) is 5. The van der Waals surface area contributed by atoms with Gasteiger partial charge in [0.1, 0.15) is 11.7 Å². The van der Waals surface area contributed by atoms with Crippen LogP contribution in [0.5, 0.6) is 0 Å². The monoisotopic (exact) mass is 273 g/mol. The molecule has 1 aliphatic heterocycles. The van der Waals surface area contributed by atoms with E-state index in [-0.39, 0.29) is 6.23 Å². The molecule has 0 radical (unpaired) electrons. The molecule has 4 rings (SSSR count). The Morgan fingerprint density at radius 1 is 1.35 bits per heavy atom. The molecule has 0 amide bonds. The highest BCUT2D eigenvalue weighted by molar-refractivity contribution is 5.74. The Morgan fingerprint density at radius 3 is 3.00 bits per heavy atom. The Morgan fingerprint density at radius 2 is 2.20 bits per heavy atom. The van der Waals surface area contributed by atoms with E-state index >= 15 is 0 Å². The van der Waals surface area contributed by atoms with Crippen LogP contribution in [0.4, 0.5) is 5.95 Å². The quantitative estimate of drug-likeness (QED) is 0.860. The molecule has 4 atom stereocenters. The van der Waals surface area contributed by atoms with Gasteiger partial charge >= 0.3 is 0 Å². The summed E-state index contributed by atoms with van der Waals surface area (Å²) >= 11 is 0. The molecule has 1 saturated heterocycles. The third kappa shape index (κ3) is 1.64. The lowest BCUT2D eigenvalue weighted by atomic mass is 10.0. The number of imidazole rings is 1. The van der Waals surface area contributed by atoms with Crippen molar-refractivity contribution < 1.29 is 4.74 Å². The van der Waals surface area contributed by atoms with E-state index in [4.69, 9.17) is 10.5 Å². The van der Waals surface area contributed by atoms with E-state index in [1.54, 1.807) is 0 Å². The van der Waals surface area contributed by atoms with E-state index in [1.165, 1.54) is 12.8 Å². The number of hydrogen-bond donors (Lipinski definition) is 1. The first-order valence-corrected chi connectivity index (χ1v) is 7.25. The average Bonchev–Trinajstić information content (AvgIpc) is 3.05. The molecule has 0 aromatic carbocycles. The zero-order valence-electron chi connectivity index (χ0n) is 11.8. The van der Waals surface area contributed by atoms with Gasteiger partial charge in [0.2, 0.25) is 5.95 Å². The summed E-state index contributed by atoms with van der Waals surface area (Å²) in [6.45, 7) is 4.19. The lowest BCUT2D eigenvalue weighted by Gasteiger charge is -2.17. The molecule has 0 unspecified atom stereocenters. The van der Waals surface area contributed by atoms with Crippen molar-refractivity contribution in [2.24, 2.45) is 11.8 Å². The molecule has 0 spiro atoms. The molecule has 2 aromatic rings. The minimum Gasteiger partial charge on any atom is -0.368 e. The highest BCUT2D eigenvalue weighted by atomic mass is 16.5. The number of nitrogen functional groups attached to an aromatic ring is 1. The summed E-state index contributed by atoms with van der Waals surface area (Å²) in [5.41, 5.74) is 8.18. The van der Waals surface area contributed by atoms with Crippen LogP contribution >= 0.6 is 0 Å². The first kappa shape index (κ1) is 12.1. The Hall–Kier alpha value is -1.69. The van der Waals surface area contributed by atoms with Crippen molar-refractivity contribution >= 4 is 17.1 Å². The van der Waals surface area contributed by atoms with E-state index in [1.807, 2.05) is 17.8 Å². The predicted octanol–water partition coefficient (Wildman–Crippen LogP) is 2.05. The van der Waals surface area contributed by atoms with Gasteiger partial charge in [-0.3, -0.25) is 4.57 Å². The maximum Gasteiger partial charge on any atom is 0.222 e. The summed E-state index contributed by atoms with van der Waals surface area (Å²) in [4.78, 5) is 12.9. The predicted molar refractivity (Wildman–Crippen MR) is 74.9 cm³/mol. The van der Waals surface area contributed by atoms with E-state index < -0.39 is 0 Å². The van der Waals surface area contributed by atoms with Crippen molar-refractivity contribution in [3.05, 3.63) is 12.0 Å². The molecule has 3 heterocycles. The van der Waals surface area contributed by atoms with Crippen LogP contribution in [0.15, 0.2) is 6.33 Å². The largest absolute Gasteiger partial charge is 0.368 e. The first-order chi connectivity index (χ1) is 9.63. The lowest BCUT2D eigenvalue weighted by molar-refractivity contribution is -0.0175. The number of rotatable bonds is 1. The summed E-state index contributed by atoms with van der Waals surface area (Å²) in [6.07, 6.45) is 5.82. The van der Waals surface area contributed by atoms with Crippen molar-refractivity contribution in [2.75, 3.05) is 5.73 Å². The fourth-order valence-corrected chi connectivity index (χ4v) is 3.73. The maximum absolute atomic E-state index is 6.25. The van der Waals surface area contributed by atoms with Gasteiger partial charge in [-0.25, -0.2) is 9.97 Å². The van der Waals surface area contributed by atoms with Crippen molar-refractivity contribution in [1.82, 2.24) is 19.5 Å². The SMILES string of the molecule is Cc1nc(N)nc2c1ncn2[C@H]1C[C@H]2CC[C@@H](C)[C@H]2O1. The van der Waals surface area contributed by atoms with Gasteiger partial charge < -0.3 is 10.5 Å². The van der Waals surface area contributed by atoms with Crippen LogP contribution in [-0.2, 0) is 4.74 Å². The maximum atomic E-state index is 6.25. The fourth-order valence-electron chi connectivity index (χ4n) is 3.73. The van der Waals surface area contributed by atoms with Crippen molar-refractivity contribution in [3.8, 4) is 0 Å². The summed E-state index contributed by atoms with van der Waals surface area (Å²) in [7, 11) is 0. The number of fused-ring (bicyclic) bond motifs is 2. The van der Waals surface area contributed by atoms with E-state index in [2.05, 4.69) is 21.9 Å². The number of nitrogens with two attached hydrogens (primary N) is 1. The zero-order chi connectivity index (χ0) is 13.9. The van der Waals surface area contributed by atoms with Gasteiger partial charge in [0, 0.05) is 0 Å². The zero-order valence-corrected chi connectivity index (χ0v) is 11.8. The normalized spacial score (nSPS) is 32.9. The number of anilines is 1. The van der Waals surface area contributed by atoms with E-state index in [0.717, 1.165) is 23.3 Å². The Balaban J connectivity index is 1.73. The number of nitrogens with zero attached hydrogens (tertiary/aromatic N) is 4. The summed E-state index contributed by atoms with van der Waals surface area (Å²) in [6, 6.07) is 0. The molecule has 2 fully saturated rings. The molecule has 1 saturated carbocycles. The van der Waals surface area contributed by atoms with E-state index in [0.29, 0.717) is 23.9 Å². The summed E-state index contributed by atoms with van der Waals surface area (Å²) in [5.74, 6) is 1.62. The fraction of sp³-hybridized carbons (Fsp3) is 0.643. The molecular weight excluding hydrogens is 254 g/mol. The average molecular weight is 273 g/mol. The molecule has 2 aliphatic rings. The lowest BCUT2D eigenvalue weighted by Crippen LogP contribution is -2.17. The second kappa shape index (κ2) is 4.15. The van der Waals surface area contributed by atoms with Crippen LogP contribution in [0.2, 0.25) is 0 Å². The molecule has 2 N–H and O–H groups in total. The summed E-state index contributed by atoms with van der Waals surface area (Å²) in [5, 5.41) is 0. The first-order valence-electron chi connectivity index (χ1n) is 7.25. The second-order valence-corrected chi connectivity index (χ2v) is 6.10. The van der Waals surface area contributed by atoms with Gasteiger partial charge in [-0.2, -0.15) is 4.98 Å². The van der Waals surface area contributed by atoms with Gasteiger partial charge in [-0.05, 0) is 38.0 Å². The molecular formula is C14H19N5O. The Bertz CT molecular complexity index is 667. The Labute approximate surface area is 117 Å². The molecule has 6 heteroatoms. The van der Waals surface area contributed by atoms with Crippen LogP contribution < -0.4 is 5.73 Å². The third-order valence-corrected chi connectivity index (χ3v) is 4.76. The minimum absolute atomic E-state index is 0.0337. The highest BCUT2D eigenvalue weighted by Crippen LogP contribution is 2.46. The molecule has 106 valence electrons. The standard InChI is InChI=1S/C14H19N5O/c1-7-3-4-9-5-10(20-12(7)9)19-6-16-11-8(2)17-14(15)18-13(11)19/h6-7,9-10,12H,3-5H2,1-2H3,(H2,15,17,18)/t7-,9-,10-,12-/m1/s1. The van der Waals surface area contributed by atoms with Crippen LogP contribution in [-0.4, -0.2) is 25.6 Å². The van der Waals surface area contributed by atoms with Crippen LogP contribution in [0.3, 0.4) is 0 Å². The second-order valence-electron chi connectivity index (χ2n) is 6.10. The molecule has 6 nitrogen and oxygen atoms in total.